The zero-order valence-electron chi connectivity index (χ0n) is 19.6. The van der Waals surface area contributed by atoms with Gasteiger partial charge in [0.15, 0.2) is 0 Å². The van der Waals surface area contributed by atoms with Gasteiger partial charge in [0.05, 0.1) is 13.2 Å². The lowest BCUT2D eigenvalue weighted by atomic mass is 10.0. The molecular formula is C27H42O3. The van der Waals surface area contributed by atoms with Crippen molar-refractivity contribution < 1.29 is 14.3 Å². The molecule has 0 amide bonds. The van der Waals surface area contributed by atoms with Crippen molar-refractivity contribution in [3.8, 4) is 5.75 Å². The molecule has 0 aliphatic heterocycles. The highest BCUT2D eigenvalue weighted by atomic mass is 16.5. The van der Waals surface area contributed by atoms with E-state index >= 15 is 0 Å². The fourth-order valence-corrected chi connectivity index (χ4v) is 3.54. The normalized spacial score (nSPS) is 14.3. The van der Waals surface area contributed by atoms with Gasteiger partial charge in [-0.15, -0.1) is 0 Å². The summed E-state index contributed by atoms with van der Waals surface area (Å²) >= 11 is 0. The minimum atomic E-state index is -0.0884. The lowest BCUT2D eigenvalue weighted by molar-refractivity contribution is -0.147. The van der Waals surface area contributed by atoms with Crippen LogP contribution in [-0.4, -0.2) is 19.2 Å². The first-order chi connectivity index (χ1) is 14.5. The van der Waals surface area contributed by atoms with Gasteiger partial charge in [-0.1, -0.05) is 49.3 Å². The van der Waals surface area contributed by atoms with Crippen LogP contribution in [0, 0.1) is 5.92 Å². The second-order valence-electron chi connectivity index (χ2n) is 8.22. The van der Waals surface area contributed by atoms with Crippen LogP contribution in [0.3, 0.4) is 0 Å². The Kier molecular flexibility index (Phi) is 14.5. The summed E-state index contributed by atoms with van der Waals surface area (Å²) < 4.78 is 10.2. The van der Waals surface area contributed by atoms with Crippen molar-refractivity contribution in [2.24, 2.45) is 5.92 Å². The average molecular weight is 415 g/mol. The molecule has 3 nitrogen and oxygen atoms in total. The first-order valence-corrected chi connectivity index (χ1v) is 11.6. The predicted octanol–water partition coefficient (Wildman–Crippen LogP) is 7.45. The van der Waals surface area contributed by atoms with E-state index in [0.29, 0.717) is 6.42 Å². The highest BCUT2D eigenvalue weighted by molar-refractivity contribution is 5.69. The van der Waals surface area contributed by atoms with Crippen molar-refractivity contribution in [3.63, 3.8) is 0 Å². The van der Waals surface area contributed by atoms with Crippen molar-refractivity contribution >= 4 is 5.97 Å². The van der Waals surface area contributed by atoms with Gasteiger partial charge in [0.25, 0.3) is 0 Å². The molecule has 0 spiro atoms. The second-order valence-corrected chi connectivity index (χ2v) is 8.22. The SMILES string of the molecule is C/C=C\CCCC(=O)OC(C)C.COc1cccc(CCC/C=C/C2CCCC2)c1. The number of rotatable bonds is 11. The molecule has 0 atom stereocenters. The van der Waals surface area contributed by atoms with Crippen LogP contribution < -0.4 is 4.74 Å². The van der Waals surface area contributed by atoms with E-state index in [1.807, 2.05) is 32.9 Å². The van der Waals surface area contributed by atoms with E-state index < -0.39 is 0 Å². The lowest BCUT2D eigenvalue weighted by Crippen LogP contribution is -2.10. The van der Waals surface area contributed by atoms with Crippen LogP contribution in [-0.2, 0) is 16.0 Å². The standard InChI is InChI=1S/C17H24O.C10H18O2/c1-18-17-13-7-12-16(14-17)11-4-2-3-8-15-9-5-6-10-15;1-4-5-6-7-8-10(11)12-9(2)3/h3,7-8,12-15H,2,4-6,9-11H2,1H3;4-5,9H,6-8H2,1-3H3/b8-3+;5-4-. The zero-order valence-corrected chi connectivity index (χ0v) is 19.6. The topological polar surface area (TPSA) is 35.5 Å². The summed E-state index contributed by atoms with van der Waals surface area (Å²) in [6, 6.07) is 8.40. The highest BCUT2D eigenvalue weighted by Gasteiger charge is 2.10. The highest BCUT2D eigenvalue weighted by Crippen LogP contribution is 2.25. The first kappa shape index (κ1) is 26.0. The number of carbonyl (C=O) groups is 1. The van der Waals surface area contributed by atoms with Gasteiger partial charge in [-0.05, 0) is 89.3 Å². The number of methoxy groups -OCH3 is 1. The van der Waals surface area contributed by atoms with Crippen LogP contribution in [0.15, 0.2) is 48.6 Å². The fraction of sp³-hybridized carbons (Fsp3) is 0.593. The van der Waals surface area contributed by atoms with Crippen molar-refractivity contribution in [3.05, 3.63) is 54.1 Å². The van der Waals surface area contributed by atoms with Crippen LogP contribution in [0.5, 0.6) is 5.75 Å². The van der Waals surface area contributed by atoms with Gasteiger partial charge in [-0.2, -0.15) is 0 Å². The molecule has 1 aliphatic carbocycles. The molecule has 0 bridgehead atoms. The maximum absolute atomic E-state index is 11.0. The van der Waals surface area contributed by atoms with Gasteiger partial charge in [0.2, 0.25) is 0 Å². The van der Waals surface area contributed by atoms with Crippen LogP contribution in [0.4, 0.5) is 0 Å². The third-order valence-corrected chi connectivity index (χ3v) is 5.13. The van der Waals surface area contributed by atoms with Crippen LogP contribution in [0.2, 0.25) is 0 Å². The van der Waals surface area contributed by atoms with Gasteiger partial charge in [0, 0.05) is 6.42 Å². The smallest absolute Gasteiger partial charge is 0.306 e. The van der Waals surface area contributed by atoms with Crippen molar-refractivity contribution in [2.45, 2.75) is 91.1 Å². The minimum absolute atomic E-state index is 0.0132. The number of aryl methyl sites for hydroxylation is 1. The fourth-order valence-electron chi connectivity index (χ4n) is 3.54. The van der Waals surface area contributed by atoms with Gasteiger partial charge in [-0.3, -0.25) is 4.79 Å². The maximum atomic E-state index is 11.0. The molecule has 30 heavy (non-hydrogen) atoms. The Balaban J connectivity index is 0.000000329. The van der Waals surface area contributed by atoms with Gasteiger partial charge >= 0.3 is 5.97 Å². The molecule has 1 aliphatic rings. The molecule has 0 N–H and O–H groups in total. The Bertz CT molecular complexity index is 625. The van der Waals surface area contributed by atoms with Crippen LogP contribution in [0.25, 0.3) is 0 Å². The largest absolute Gasteiger partial charge is 0.497 e. The number of hydrogen-bond acceptors (Lipinski definition) is 3. The number of allylic oxidation sites excluding steroid dienone is 4. The molecule has 0 aromatic heterocycles. The molecule has 0 radical (unpaired) electrons. The van der Waals surface area contributed by atoms with E-state index in [2.05, 4.69) is 36.4 Å². The zero-order chi connectivity index (χ0) is 22.0. The van der Waals surface area contributed by atoms with Crippen LogP contribution in [0.1, 0.15) is 84.1 Å². The number of ether oxygens (including phenoxy) is 2. The van der Waals surface area contributed by atoms with E-state index in [-0.39, 0.29) is 12.1 Å². The lowest BCUT2D eigenvalue weighted by Gasteiger charge is -2.06. The molecule has 2 rings (SSSR count). The quantitative estimate of drug-likeness (QED) is 0.214. The third-order valence-electron chi connectivity index (χ3n) is 5.13. The first-order valence-electron chi connectivity index (χ1n) is 11.6. The van der Waals surface area contributed by atoms with Crippen molar-refractivity contribution in [2.75, 3.05) is 7.11 Å². The Morgan fingerprint density at radius 2 is 1.87 bits per heavy atom. The van der Waals surface area contributed by atoms with E-state index in [9.17, 15) is 4.79 Å². The molecule has 1 aromatic carbocycles. The second kappa shape index (κ2) is 16.7. The Hall–Kier alpha value is -2.03. The summed E-state index contributed by atoms with van der Waals surface area (Å²) in [7, 11) is 1.73. The number of hydrogen-bond donors (Lipinski definition) is 0. The molecular weight excluding hydrogens is 372 g/mol. The molecule has 0 saturated heterocycles. The number of esters is 1. The molecule has 0 heterocycles. The molecule has 0 unspecified atom stereocenters. The summed E-state index contributed by atoms with van der Waals surface area (Å²) in [5.74, 6) is 1.75. The molecule has 1 aromatic rings. The van der Waals surface area contributed by atoms with E-state index in [1.165, 1.54) is 44.1 Å². The van der Waals surface area contributed by atoms with Crippen molar-refractivity contribution in [1.82, 2.24) is 0 Å². The maximum Gasteiger partial charge on any atom is 0.306 e. The van der Waals surface area contributed by atoms with E-state index in [0.717, 1.165) is 30.9 Å². The summed E-state index contributed by atoms with van der Waals surface area (Å²) in [4.78, 5) is 11.0. The molecule has 1 saturated carbocycles. The number of carbonyl (C=O) groups excluding carboxylic acids is 1. The van der Waals surface area contributed by atoms with Gasteiger partial charge < -0.3 is 9.47 Å². The Morgan fingerprint density at radius 3 is 2.53 bits per heavy atom. The number of unbranched alkanes of at least 4 members (excludes halogenated alkanes) is 2. The Labute approximate surface area is 184 Å². The summed E-state index contributed by atoms with van der Waals surface area (Å²) in [5, 5.41) is 0. The minimum Gasteiger partial charge on any atom is -0.497 e. The van der Waals surface area contributed by atoms with E-state index in [1.54, 1.807) is 7.11 Å². The molecule has 168 valence electrons. The predicted molar refractivity (Wildman–Crippen MR) is 127 cm³/mol. The third kappa shape index (κ3) is 13.2. The van der Waals surface area contributed by atoms with Crippen LogP contribution >= 0.6 is 0 Å². The summed E-state index contributed by atoms with van der Waals surface area (Å²) in [6.07, 6.45) is 20.5. The Morgan fingerprint density at radius 1 is 1.13 bits per heavy atom. The summed E-state index contributed by atoms with van der Waals surface area (Å²) in [6.45, 7) is 5.71. The monoisotopic (exact) mass is 414 g/mol. The van der Waals surface area contributed by atoms with Gasteiger partial charge in [0.1, 0.15) is 5.75 Å². The molecule has 1 fully saturated rings. The van der Waals surface area contributed by atoms with Crippen molar-refractivity contribution in [1.29, 1.82) is 0 Å². The van der Waals surface area contributed by atoms with Gasteiger partial charge in [-0.25, -0.2) is 0 Å². The number of benzene rings is 1. The summed E-state index contributed by atoms with van der Waals surface area (Å²) in [5.41, 5.74) is 1.38. The van der Waals surface area contributed by atoms with E-state index in [4.69, 9.17) is 9.47 Å². The molecule has 3 heteroatoms. The average Bonchev–Trinajstić information content (AvgIpc) is 3.25.